The van der Waals surface area contributed by atoms with Gasteiger partial charge < -0.3 is 15.0 Å². The molecule has 2 aromatic heterocycles. The van der Waals surface area contributed by atoms with Crippen LogP contribution in [0.25, 0.3) is 5.65 Å². The van der Waals surface area contributed by atoms with Gasteiger partial charge in [0.2, 0.25) is 15.7 Å². The number of fused-ring (bicyclic) bond motifs is 1. The number of nitrogens with zero attached hydrogens (tertiary/aromatic N) is 6. The number of hydrogen-bond donors (Lipinski definition) is 0. The molecule has 1 saturated heterocycles. The van der Waals surface area contributed by atoms with Crippen LogP contribution in [0, 0.1) is 21.7 Å². The van der Waals surface area contributed by atoms with Gasteiger partial charge in [-0.3, -0.25) is 0 Å². The van der Waals surface area contributed by atoms with E-state index in [1.54, 1.807) is 17.0 Å². The van der Waals surface area contributed by atoms with Crippen LogP contribution in [0.5, 0.6) is 0 Å². The zero-order valence-electron chi connectivity index (χ0n) is 14.8. The van der Waals surface area contributed by atoms with E-state index >= 15 is 0 Å². The zero-order chi connectivity index (χ0) is 20.8. The maximum absolute atomic E-state index is 13.9. The summed E-state index contributed by atoms with van der Waals surface area (Å²) >= 11 is 0. The van der Waals surface area contributed by atoms with Gasteiger partial charge in [0, 0.05) is 38.3 Å². The van der Waals surface area contributed by atoms with Crippen molar-refractivity contribution in [1.82, 2.24) is 18.9 Å². The highest BCUT2D eigenvalue weighted by Gasteiger charge is 2.31. The van der Waals surface area contributed by atoms with Crippen molar-refractivity contribution in [3.05, 3.63) is 58.3 Å². The number of halogens is 2. The molecule has 1 aliphatic rings. The van der Waals surface area contributed by atoms with Gasteiger partial charge in [-0.25, -0.2) is 22.2 Å². The molecular formula is C16H14F2N6O4S. The molecule has 0 unspecified atom stereocenters. The largest absolute Gasteiger partial charge is 0.368 e. The first kappa shape index (κ1) is 19.1. The molecule has 0 spiro atoms. The lowest BCUT2D eigenvalue weighted by atomic mass is 10.3. The Labute approximate surface area is 163 Å². The van der Waals surface area contributed by atoms with Gasteiger partial charge in [-0.15, -0.1) is 0 Å². The third kappa shape index (κ3) is 3.38. The standard InChI is InChI=1S/C16H14F2N6O4S/c17-11-1-2-13(12(18)9-11)29(27,28)22-7-5-21(6-8-22)15-4-3-14-19-10-16(24(25)26)23(14)20-15/h1-4,9-10H,5-8H2. The molecule has 3 heterocycles. The van der Waals surface area contributed by atoms with Crippen LogP contribution >= 0.6 is 0 Å². The Balaban J connectivity index is 1.54. The summed E-state index contributed by atoms with van der Waals surface area (Å²) in [7, 11) is -4.12. The second-order valence-corrected chi connectivity index (χ2v) is 8.21. The van der Waals surface area contributed by atoms with Crippen molar-refractivity contribution in [3.8, 4) is 0 Å². The van der Waals surface area contributed by atoms with Crippen molar-refractivity contribution in [2.24, 2.45) is 0 Å². The molecular weight excluding hydrogens is 410 g/mol. The highest BCUT2D eigenvalue weighted by Crippen LogP contribution is 2.23. The first-order valence-electron chi connectivity index (χ1n) is 8.47. The van der Waals surface area contributed by atoms with Crippen LogP contribution in [0.4, 0.5) is 20.4 Å². The zero-order valence-corrected chi connectivity index (χ0v) is 15.6. The van der Waals surface area contributed by atoms with E-state index in [4.69, 9.17) is 0 Å². The molecule has 0 atom stereocenters. The third-order valence-electron chi connectivity index (χ3n) is 4.59. The summed E-state index contributed by atoms with van der Waals surface area (Å²) in [6.07, 6.45) is 1.11. The first-order chi connectivity index (χ1) is 13.8. The summed E-state index contributed by atoms with van der Waals surface area (Å²) < 4.78 is 54.5. The molecule has 10 nitrogen and oxygen atoms in total. The molecule has 3 aromatic rings. The van der Waals surface area contributed by atoms with E-state index in [2.05, 4.69) is 10.1 Å². The fourth-order valence-corrected chi connectivity index (χ4v) is 4.59. The average molecular weight is 424 g/mol. The molecule has 0 N–H and O–H groups in total. The van der Waals surface area contributed by atoms with Crippen LogP contribution < -0.4 is 4.90 Å². The highest BCUT2D eigenvalue weighted by molar-refractivity contribution is 7.89. The molecule has 1 aromatic carbocycles. The van der Waals surface area contributed by atoms with Crippen molar-refractivity contribution < 1.29 is 22.1 Å². The van der Waals surface area contributed by atoms with Crippen LogP contribution in [-0.2, 0) is 10.0 Å². The minimum absolute atomic E-state index is 0.0465. The molecule has 0 saturated carbocycles. The molecule has 0 aliphatic carbocycles. The predicted octanol–water partition coefficient (Wildman–Crippen LogP) is 1.43. The summed E-state index contributed by atoms with van der Waals surface area (Å²) in [5, 5.41) is 15.3. The summed E-state index contributed by atoms with van der Waals surface area (Å²) in [5.41, 5.74) is 0.313. The first-order valence-corrected chi connectivity index (χ1v) is 9.91. The van der Waals surface area contributed by atoms with E-state index < -0.39 is 31.5 Å². The van der Waals surface area contributed by atoms with E-state index in [-0.39, 0.29) is 32.0 Å². The molecule has 152 valence electrons. The molecule has 0 amide bonds. The van der Waals surface area contributed by atoms with Crippen LogP contribution in [0.1, 0.15) is 0 Å². The van der Waals surface area contributed by atoms with Gasteiger partial charge in [-0.05, 0) is 23.1 Å². The van der Waals surface area contributed by atoms with Gasteiger partial charge in [-0.1, -0.05) is 9.61 Å². The summed E-state index contributed by atoms with van der Waals surface area (Å²) in [6.45, 7) is 0.571. The number of nitro groups is 1. The SMILES string of the molecule is O=[N+]([O-])c1cnc2ccc(N3CCN(S(=O)(=O)c4ccc(F)cc4F)CC3)nn12. The summed E-state index contributed by atoms with van der Waals surface area (Å²) in [5.74, 6) is -1.87. The minimum Gasteiger partial charge on any atom is -0.358 e. The van der Waals surface area contributed by atoms with Crippen molar-refractivity contribution in [2.45, 2.75) is 4.90 Å². The van der Waals surface area contributed by atoms with Crippen LogP contribution in [-0.4, -0.2) is 58.4 Å². The Morgan fingerprint density at radius 2 is 1.79 bits per heavy atom. The van der Waals surface area contributed by atoms with E-state index in [0.717, 1.165) is 27.2 Å². The van der Waals surface area contributed by atoms with Crippen LogP contribution in [0.3, 0.4) is 0 Å². The molecule has 29 heavy (non-hydrogen) atoms. The molecule has 0 radical (unpaired) electrons. The molecule has 13 heteroatoms. The normalized spacial score (nSPS) is 15.7. The number of sulfonamides is 1. The topological polar surface area (TPSA) is 114 Å². The number of rotatable bonds is 4. The smallest absolute Gasteiger partial charge is 0.358 e. The second-order valence-electron chi connectivity index (χ2n) is 6.30. The van der Waals surface area contributed by atoms with E-state index in [9.17, 15) is 27.3 Å². The number of imidazole rings is 1. The minimum atomic E-state index is -4.12. The Bertz CT molecular complexity index is 1210. The lowest BCUT2D eigenvalue weighted by Gasteiger charge is -2.34. The maximum Gasteiger partial charge on any atom is 0.368 e. The van der Waals surface area contributed by atoms with Crippen molar-refractivity contribution in [3.63, 3.8) is 0 Å². The van der Waals surface area contributed by atoms with Crippen molar-refractivity contribution in [2.75, 3.05) is 31.1 Å². The van der Waals surface area contributed by atoms with Crippen LogP contribution in [0.2, 0.25) is 0 Å². The lowest BCUT2D eigenvalue weighted by molar-refractivity contribution is -0.391. The van der Waals surface area contributed by atoms with Gasteiger partial charge in [0.05, 0.1) is 0 Å². The fourth-order valence-electron chi connectivity index (χ4n) is 3.13. The Morgan fingerprint density at radius 1 is 1.07 bits per heavy atom. The van der Waals surface area contributed by atoms with Crippen molar-refractivity contribution >= 4 is 27.3 Å². The second kappa shape index (κ2) is 7.00. The van der Waals surface area contributed by atoms with E-state index in [0.29, 0.717) is 17.5 Å². The fraction of sp³-hybridized carbons (Fsp3) is 0.250. The Morgan fingerprint density at radius 3 is 2.45 bits per heavy atom. The van der Waals surface area contributed by atoms with Gasteiger partial charge in [0.1, 0.15) is 22.7 Å². The quantitative estimate of drug-likeness (QED) is 0.460. The van der Waals surface area contributed by atoms with Gasteiger partial charge in [0.15, 0.2) is 5.82 Å². The highest BCUT2D eigenvalue weighted by atomic mass is 32.2. The Hall–Kier alpha value is -3.19. The predicted molar refractivity (Wildman–Crippen MR) is 97.0 cm³/mol. The number of anilines is 1. The van der Waals surface area contributed by atoms with Crippen molar-refractivity contribution in [1.29, 1.82) is 0 Å². The van der Waals surface area contributed by atoms with Gasteiger partial charge in [-0.2, -0.15) is 4.31 Å². The van der Waals surface area contributed by atoms with E-state index in [1.165, 1.54) is 0 Å². The van der Waals surface area contributed by atoms with Crippen LogP contribution in [0.15, 0.2) is 41.4 Å². The number of hydrogen-bond acceptors (Lipinski definition) is 7. The third-order valence-corrected chi connectivity index (χ3v) is 6.52. The summed E-state index contributed by atoms with van der Waals surface area (Å²) in [6, 6.07) is 5.53. The van der Waals surface area contributed by atoms with E-state index in [1.807, 2.05) is 0 Å². The molecule has 1 fully saturated rings. The van der Waals surface area contributed by atoms with Gasteiger partial charge in [0.25, 0.3) is 0 Å². The maximum atomic E-state index is 13.9. The molecule has 0 bridgehead atoms. The monoisotopic (exact) mass is 424 g/mol. The number of piperazine rings is 1. The number of benzene rings is 1. The molecule has 4 rings (SSSR count). The number of aromatic nitrogens is 3. The summed E-state index contributed by atoms with van der Waals surface area (Å²) in [4.78, 5) is 15.6. The lowest BCUT2D eigenvalue weighted by Crippen LogP contribution is -2.49. The Kier molecular flexibility index (Phi) is 4.62. The van der Waals surface area contributed by atoms with Gasteiger partial charge >= 0.3 is 5.82 Å². The molecule has 1 aliphatic heterocycles. The average Bonchev–Trinajstić information content (AvgIpc) is 3.11.